The van der Waals surface area contributed by atoms with Crippen molar-refractivity contribution in [3.05, 3.63) is 47.8 Å². The van der Waals surface area contributed by atoms with Crippen molar-refractivity contribution in [3.63, 3.8) is 0 Å². The molecule has 0 saturated carbocycles. The molecule has 1 aromatic carbocycles. The third-order valence-electron chi connectivity index (χ3n) is 2.87. The fourth-order valence-electron chi connectivity index (χ4n) is 2.05. The van der Waals surface area contributed by atoms with Gasteiger partial charge in [-0.05, 0) is 19.1 Å². The van der Waals surface area contributed by atoms with Crippen LogP contribution in [0.1, 0.15) is 5.69 Å². The van der Waals surface area contributed by atoms with Crippen molar-refractivity contribution in [1.82, 2.24) is 14.6 Å². The number of fused-ring (bicyclic) bond motifs is 1. The first-order valence-electron chi connectivity index (χ1n) is 5.56. The van der Waals surface area contributed by atoms with Crippen LogP contribution in [0.2, 0.25) is 0 Å². The fourth-order valence-corrected chi connectivity index (χ4v) is 2.05. The minimum atomic E-state index is -0.692. The summed E-state index contributed by atoms with van der Waals surface area (Å²) in [5.41, 5.74) is 1.46. The van der Waals surface area contributed by atoms with Gasteiger partial charge in [0.05, 0.1) is 11.3 Å². The number of rotatable bonds is 1. The van der Waals surface area contributed by atoms with Gasteiger partial charge in [0.25, 0.3) is 0 Å². The Kier molecular flexibility index (Phi) is 2.45. The summed E-state index contributed by atoms with van der Waals surface area (Å²) in [6.45, 7) is 1.67. The maximum atomic E-state index is 13.9. The predicted molar refractivity (Wildman–Crippen MR) is 64.7 cm³/mol. The van der Waals surface area contributed by atoms with E-state index < -0.39 is 11.6 Å². The van der Waals surface area contributed by atoms with Crippen LogP contribution >= 0.6 is 0 Å². The van der Waals surface area contributed by atoms with Gasteiger partial charge in [-0.3, -0.25) is 0 Å². The highest BCUT2D eigenvalue weighted by Crippen LogP contribution is 2.30. The molecule has 19 heavy (non-hydrogen) atoms. The maximum absolute atomic E-state index is 13.9. The predicted octanol–water partition coefficient (Wildman–Crippen LogP) is 2.69. The van der Waals surface area contributed by atoms with Gasteiger partial charge in [-0.25, -0.2) is 13.8 Å². The fraction of sp³-hybridized carbons (Fsp3) is 0.0769. The Bertz CT molecular complexity index is 783. The van der Waals surface area contributed by atoms with Gasteiger partial charge in [0.15, 0.2) is 5.65 Å². The lowest BCUT2D eigenvalue weighted by atomic mass is 10.1. The van der Waals surface area contributed by atoms with Crippen LogP contribution in [0.3, 0.4) is 0 Å². The number of aromatic hydroxyl groups is 1. The highest BCUT2D eigenvalue weighted by Gasteiger charge is 2.17. The van der Waals surface area contributed by atoms with Gasteiger partial charge in [-0.1, -0.05) is 0 Å². The standard InChI is InChI=1S/C13H9F2N3O/c1-7-12(9-3-2-8(14)6-10(9)15)13-16-5-4-11(19)18(13)17-7/h2-6,19H,1H3. The maximum Gasteiger partial charge on any atom is 0.215 e. The minimum Gasteiger partial charge on any atom is -0.493 e. The molecule has 2 aromatic heterocycles. The third kappa shape index (κ3) is 1.72. The smallest absolute Gasteiger partial charge is 0.215 e. The van der Waals surface area contributed by atoms with E-state index in [9.17, 15) is 13.9 Å². The molecule has 0 bridgehead atoms. The van der Waals surface area contributed by atoms with E-state index in [0.717, 1.165) is 6.07 Å². The summed E-state index contributed by atoms with van der Waals surface area (Å²) in [6, 6.07) is 4.69. The Labute approximate surface area is 107 Å². The lowest BCUT2D eigenvalue weighted by molar-refractivity contribution is 0.435. The van der Waals surface area contributed by atoms with Crippen LogP contribution in [0.4, 0.5) is 8.78 Å². The minimum absolute atomic E-state index is 0.0955. The first-order chi connectivity index (χ1) is 9.08. The molecule has 0 unspecified atom stereocenters. The average Bonchev–Trinajstić information content (AvgIpc) is 2.68. The lowest BCUT2D eigenvalue weighted by Gasteiger charge is -2.02. The Hall–Kier alpha value is -2.50. The SMILES string of the molecule is Cc1nn2c(O)ccnc2c1-c1ccc(F)cc1F. The number of aromatic nitrogens is 3. The summed E-state index contributed by atoms with van der Waals surface area (Å²) >= 11 is 0. The molecule has 0 aliphatic rings. The largest absolute Gasteiger partial charge is 0.493 e. The molecule has 0 amide bonds. The molecule has 6 heteroatoms. The zero-order valence-corrected chi connectivity index (χ0v) is 9.93. The Morgan fingerprint density at radius 2 is 2.00 bits per heavy atom. The molecule has 0 atom stereocenters. The number of nitrogens with zero attached hydrogens (tertiary/aromatic N) is 3. The molecule has 3 aromatic rings. The molecule has 0 radical (unpaired) electrons. The molecule has 0 saturated heterocycles. The van der Waals surface area contributed by atoms with Crippen LogP contribution in [-0.2, 0) is 0 Å². The number of aryl methyl sites for hydroxylation is 1. The summed E-state index contributed by atoms with van der Waals surface area (Å²) in [4.78, 5) is 4.08. The second kappa shape index (κ2) is 4.01. The molecule has 96 valence electrons. The van der Waals surface area contributed by atoms with Gasteiger partial charge in [0, 0.05) is 23.9 Å². The quantitative estimate of drug-likeness (QED) is 0.732. The first-order valence-corrected chi connectivity index (χ1v) is 5.56. The summed E-state index contributed by atoms with van der Waals surface area (Å²) in [6.07, 6.45) is 1.40. The van der Waals surface area contributed by atoms with Crippen LogP contribution < -0.4 is 0 Å². The average molecular weight is 261 g/mol. The van der Waals surface area contributed by atoms with E-state index in [2.05, 4.69) is 10.1 Å². The first kappa shape index (κ1) is 11.6. The number of halogens is 2. The molecule has 4 nitrogen and oxygen atoms in total. The van der Waals surface area contributed by atoms with Gasteiger partial charge < -0.3 is 5.11 Å². The normalized spacial score (nSPS) is 11.1. The van der Waals surface area contributed by atoms with E-state index in [1.165, 1.54) is 28.9 Å². The third-order valence-corrected chi connectivity index (χ3v) is 2.87. The topological polar surface area (TPSA) is 50.4 Å². The Morgan fingerprint density at radius 3 is 2.74 bits per heavy atom. The zero-order chi connectivity index (χ0) is 13.6. The van der Waals surface area contributed by atoms with Crippen LogP contribution in [0.5, 0.6) is 5.88 Å². The van der Waals surface area contributed by atoms with E-state index in [-0.39, 0.29) is 11.4 Å². The summed E-state index contributed by atoms with van der Waals surface area (Å²) in [5.74, 6) is -1.43. The van der Waals surface area contributed by atoms with Crippen LogP contribution in [0.25, 0.3) is 16.8 Å². The van der Waals surface area contributed by atoms with Gasteiger partial charge in [0.2, 0.25) is 5.88 Å². The molecule has 0 spiro atoms. The summed E-state index contributed by atoms with van der Waals surface area (Å²) < 4.78 is 28.0. The molecule has 0 aliphatic carbocycles. The van der Waals surface area contributed by atoms with Crippen LogP contribution in [0, 0.1) is 18.6 Å². The highest BCUT2D eigenvalue weighted by molar-refractivity contribution is 5.80. The lowest BCUT2D eigenvalue weighted by Crippen LogP contribution is -1.91. The molecule has 2 heterocycles. The van der Waals surface area contributed by atoms with E-state index in [0.29, 0.717) is 16.9 Å². The molecule has 0 aliphatic heterocycles. The van der Waals surface area contributed by atoms with Crippen LogP contribution in [-0.4, -0.2) is 19.7 Å². The zero-order valence-electron chi connectivity index (χ0n) is 9.93. The van der Waals surface area contributed by atoms with Gasteiger partial charge in [0.1, 0.15) is 11.6 Å². The molecule has 3 rings (SSSR count). The van der Waals surface area contributed by atoms with Crippen molar-refractivity contribution in [1.29, 1.82) is 0 Å². The molecular weight excluding hydrogens is 252 g/mol. The monoisotopic (exact) mass is 261 g/mol. The molecular formula is C13H9F2N3O. The van der Waals surface area contributed by atoms with E-state index >= 15 is 0 Å². The van der Waals surface area contributed by atoms with Crippen molar-refractivity contribution in [2.75, 3.05) is 0 Å². The van der Waals surface area contributed by atoms with Crippen molar-refractivity contribution < 1.29 is 13.9 Å². The van der Waals surface area contributed by atoms with Crippen molar-refractivity contribution in [2.45, 2.75) is 6.92 Å². The number of hydrogen-bond acceptors (Lipinski definition) is 3. The summed E-state index contributed by atoms with van der Waals surface area (Å²) in [7, 11) is 0. The highest BCUT2D eigenvalue weighted by atomic mass is 19.1. The van der Waals surface area contributed by atoms with Crippen LogP contribution in [0.15, 0.2) is 30.5 Å². The number of hydrogen-bond donors (Lipinski definition) is 1. The second-order valence-electron chi connectivity index (χ2n) is 4.12. The van der Waals surface area contributed by atoms with Crippen molar-refractivity contribution in [3.8, 4) is 17.0 Å². The molecule has 0 fully saturated rings. The summed E-state index contributed by atoms with van der Waals surface area (Å²) in [5, 5.41) is 13.8. The van der Waals surface area contributed by atoms with E-state index in [4.69, 9.17) is 0 Å². The second-order valence-corrected chi connectivity index (χ2v) is 4.12. The van der Waals surface area contributed by atoms with Crippen molar-refractivity contribution >= 4 is 5.65 Å². The van der Waals surface area contributed by atoms with Crippen molar-refractivity contribution in [2.24, 2.45) is 0 Å². The Balaban J connectivity index is 2.36. The van der Waals surface area contributed by atoms with E-state index in [1.807, 2.05) is 0 Å². The Morgan fingerprint density at radius 1 is 1.21 bits per heavy atom. The van der Waals surface area contributed by atoms with Gasteiger partial charge >= 0.3 is 0 Å². The van der Waals surface area contributed by atoms with E-state index in [1.54, 1.807) is 6.92 Å². The number of benzene rings is 1. The molecule has 1 N–H and O–H groups in total. The van der Waals surface area contributed by atoms with Gasteiger partial charge in [-0.15, -0.1) is 0 Å². The van der Waals surface area contributed by atoms with Gasteiger partial charge in [-0.2, -0.15) is 9.61 Å².